The third-order valence-electron chi connectivity index (χ3n) is 14.9. The number of methoxy groups -OCH3 is 1. The van der Waals surface area contributed by atoms with Crippen LogP contribution in [0, 0.1) is 36.0 Å². The third kappa shape index (κ3) is 3.63. The normalized spacial score (nSPS) is 54.6. The highest BCUT2D eigenvalue weighted by molar-refractivity contribution is 5.90. The lowest BCUT2D eigenvalue weighted by Gasteiger charge is -2.68. The number of esters is 1. The van der Waals surface area contributed by atoms with Gasteiger partial charge in [-0.2, -0.15) is 0 Å². The molecule has 7 fully saturated rings. The molecule has 7 aliphatic rings. The first kappa shape index (κ1) is 32.4. The monoisotopic (exact) mass is 657 g/mol. The first-order chi connectivity index (χ1) is 21.9. The quantitative estimate of drug-likeness (QED) is 0.262. The maximum Gasteiger partial charge on any atom is 0.338 e. The first-order valence-corrected chi connectivity index (χ1v) is 17.5. The van der Waals surface area contributed by atoms with Crippen molar-refractivity contribution in [3.8, 4) is 5.75 Å². The van der Waals surface area contributed by atoms with E-state index >= 15 is 0 Å². The number of rotatable bonds is 3. The van der Waals surface area contributed by atoms with Crippen molar-refractivity contribution in [1.82, 2.24) is 4.90 Å². The zero-order chi connectivity index (χ0) is 33.7. The molecule has 1 unspecified atom stereocenters. The third-order valence-corrected chi connectivity index (χ3v) is 14.9. The van der Waals surface area contributed by atoms with Gasteiger partial charge >= 0.3 is 5.97 Å². The van der Waals surface area contributed by atoms with Gasteiger partial charge in [0.1, 0.15) is 28.2 Å². The Morgan fingerprint density at radius 2 is 1.68 bits per heavy atom. The smallest absolute Gasteiger partial charge is 0.338 e. The lowest BCUT2D eigenvalue weighted by atomic mass is 9.49. The summed E-state index contributed by atoms with van der Waals surface area (Å²) in [7, 11) is 1.56. The van der Waals surface area contributed by atoms with E-state index in [9.17, 15) is 35.4 Å². The number of carbonyl (C=O) groups excluding carboxylic acids is 1. The zero-order valence-corrected chi connectivity index (χ0v) is 28.1. The van der Waals surface area contributed by atoms with Gasteiger partial charge in [-0.1, -0.05) is 13.8 Å². The highest BCUT2D eigenvalue weighted by Crippen LogP contribution is 2.78. The average molecular weight is 658 g/mol. The van der Waals surface area contributed by atoms with Crippen molar-refractivity contribution in [1.29, 1.82) is 0 Å². The van der Waals surface area contributed by atoms with Crippen LogP contribution < -0.4 is 4.74 Å². The summed E-state index contributed by atoms with van der Waals surface area (Å²) in [5.41, 5.74) is -8.47. The van der Waals surface area contributed by atoms with Gasteiger partial charge in [0.25, 0.3) is 0 Å². The Kier molecular flexibility index (Phi) is 6.68. The van der Waals surface area contributed by atoms with Crippen molar-refractivity contribution >= 4 is 5.97 Å². The molecular weight excluding hydrogens is 606 g/mol. The molecule has 14 atom stereocenters. The molecule has 0 amide bonds. The molecule has 11 heteroatoms. The van der Waals surface area contributed by atoms with Crippen LogP contribution in [0.1, 0.15) is 88.1 Å². The summed E-state index contributed by atoms with van der Waals surface area (Å²) in [5.74, 6) is -3.64. The molecule has 47 heavy (non-hydrogen) atoms. The second kappa shape index (κ2) is 9.69. The van der Waals surface area contributed by atoms with Gasteiger partial charge < -0.3 is 44.8 Å². The summed E-state index contributed by atoms with van der Waals surface area (Å²) in [6.45, 7) is 8.45. The SMILES string of the molecule is COc1ccc(C(=O)O[C@H]2CC[C@@]3(C)[C@@H]4CC[C@@H]5C3(C[C@@]3(O)[C@@H]6CN7C[C@@H](C)CC[C@H]7[C@@](C)(O)[C@@]6(O)[C@@H](O)C[C@@]53O)O[C@]24O)cc1C. The minimum Gasteiger partial charge on any atom is -0.496 e. The Bertz CT molecular complexity index is 1500. The molecule has 0 radical (unpaired) electrons. The van der Waals surface area contributed by atoms with Gasteiger partial charge in [0.15, 0.2) is 6.10 Å². The van der Waals surface area contributed by atoms with Crippen LogP contribution in [-0.2, 0) is 9.47 Å². The molecule has 0 aromatic heterocycles. The van der Waals surface area contributed by atoms with E-state index in [2.05, 4.69) is 11.8 Å². The van der Waals surface area contributed by atoms with E-state index < -0.39 is 81.2 Å². The lowest BCUT2D eigenvalue weighted by Crippen LogP contribution is -2.85. The van der Waals surface area contributed by atoms with Gasteiger partial charge in [0.05, 0.1) is 24.4 Å². The first-order valence-electron chi connectivity index (χ1n) is 17.5. The number of fused-ring (bicyclic) bond motifs is 5. The summed E-state index contributed by atoms with van der Waals surface area (Å²) in [5, 5.41) is 74.6. The topological polar surface area (TPSA) is 169 Å². The number of benzene rings is 1. The van der Waals surface area contributed by atoms with E-state index in [1.54, 1.807) is 32.2 Å². The van der Waals surface area contributed by atoms with Crippen LogP contribution >= 0.6 is 0 Å². The van der Waals surface area contributed by atoms with Crippen molar-refractivity contribution in [2.75, 3.05) is 20.2 Å². The molecule has 1 aromatic rings. The molecule has 8 rings (SSSR count). The maximum absolute atomic E-state index is 13.4. The molecule has 260 valence electrons. The van der Waals surface area contributed by atoms with Crippen molar-refractivity contribution in [3.63, 3.8) is 0 Å². The number of carbonyl (C=O) groups is 1. The fraction of sp³-hybridized carbons (Fsp3) is 0.806. The van der Waals surface area contributed by atoms with Crippen LogP contribution in [0.15, 0.2) is 18.2 Å². The van der Waals surface area contributed by atoms with Crippen LogP contribution in [0.4, 0.5) is 0 Å². The number of aliphatic hydroxyl groups excluding tert-OH is 1. The summed E-state index contributed by atoms with van der Waals surface area (Å²) in [6.07, 6.45) is 0.352. The molecule has 11 nitrogen and oxygen atoms in total. The summed E-state index contributed by atoms with van der Waals surface area (Å²) >= 11 is 0. The number of ether oxygens (including phenoxy) is 3. The number of piperidine rings is 2. The van der Waals surface area contributed by atoms with Crippen molar-refractivity contribution < 1.29 is 49.6 Å². The molecule has 1 aromatic carbocycles. The molecule has 4 saturated carbocycles. The highest BCUT2D eigenvalue weighted by atomic mass is 16.7. The van der Waals surface area contributed by atoms with Gasteiger partial charge in [0.2, 0.25) is 5.79 Å². The summed E-state index contributed by atoms with van der Waals surface area (Å²) in [4.78, 5) is 15.5. The van der Waals surface area contributed by atoms with E-state index in [-0.39, 0.29) is 19.4 Å². The van der Waals surface area contributed by atoms with Gasteiger partial charge in [-0.15, -0.1) is 0 Å². The lowest BCUT2D eigenvalue weighted by molar-refractivity contribution is -0.354. The van der Waals surface area contributed by atoms with Crippen LogP contribution in [0.2, 0.25) is 0 Å². The van der Waals surface area contributed by atoms with E-state index in [0.29, 0.717) is 55.9 Å². The fourth-order valence-electron chi connectivity index (χ4n) is 12.6. The van der Waals surface area contributed by atoms with E-state index in [1.807, 2.05) is 13.8 Å². The Hall–Kier alpha value is -1.83. The van der Waals surface area contributed by atoms with E-state index in [1.165, 1.54) is 0 Å². The van der Waals surface area contributed by atoms with Gasteiger partial charge in [-0.05, 0) is 82.1 Å². The average Bonchev–Trinajstić information content (AvgIpc) is 3.18. The van der Waals surface area contributed by atoms with Crippen LogP contribution in [0.3, 0.4) is 0 Å². The fourth-order valence-corrected chi connectivity index (χ4v) is 12.6. The van der Waals surface area contributed by atoms with Crippen LogP contribution in [-0.4, -0.2) is 114 Å². The zero-order valence-electron chi connectivity index (χ0n) is 28.1. The molecular formula is C36H51NO10. The summed E-state index contributed by atoms with van der Waals surface area (Å²) < 4.78 is 18.2. The van der Waals surface area contributed by atoms with Crippen LogP contribution in [0.25, 0.3) is 0 Å². The minimum absolute atomic E-state index is 0.0847. The number of hydrogen-bond acceptors (Lipinski definition) is 11. The molecule has 1 spiro atoms. The van der Waals surface area contributed by atoms with Gasteiger partial charge in [-0.3, -0.25) is 4.90 Å². The maximum atomic E-state index is 13.4. The Balaban J connectivity index is 1.17. The van der Waals surface area contributed by atoms with Crippen molar-refractivity contribution in [3.05, 3.63) is 29.3 Å². The largest absolute Gasteiger partial charge is 0.496 e. The summed E-state index contributed by atoms with van der Waals surface area (Å²) in [6, 6.07) is 4.61. The molecule has 4 aliphatic carbocycles. The molecule has 4 bridgehead atoms. The second-order valence-electron chi connectivity index (χ2n) is 16.9. The Labute approximate surface area is 275 Å². The molecule has 3 heterocycles. The number of aliphatic hydroxyl groups is 6. The standard InChI is InChI=1S/C36H51NO10/c1-19-6-11-26-31(4,40)35(43)25(17-37(26)16-19)33(42)18-34-24(32(33,41)15-27(35)38)10-9-23-30(34,3)13-12-28(36(23,44)47-34)46-29(39)21-7-8-22(45-5)20(2)14-21/h7-8,14,19,23-28,38,40-44H,6,9-13,15-18H2,1-5H3/t19-,23-,24-,25-,26-,27-,28-,30-,31+,32+,33+,34?,35-,36-/m0/s1. The van der Waals surface area contributed by atoms with E-state index in [4.69, 9.17) is 14.2 Å². The highest BCUT2D eigenvalue weighted by Gasteiger charge is 2.88. The Morgan fingerprint density at radius 3 is 2.38 bits per heavy atom. The molecule has 6 N–H and O–H groups in total. The van der Waals surface area contributed by atoms with E-state index in [0.717, 1.165) is 12.0 Å². The van der Waals surface area contributed by atoms with Crippen LogP contribution in [0.5, 0.6) is 5.75 Å². The number of nitrogens with zero attached hydrogens (tertiary/aromatic N) is 1. The van der Waals surface area contributed by atoms with Gasteiger partial charge in [0, 0.05) is 55.1 Å². The van der Waals surface area contributed by atoms with Gasteiger partial charge in [-0.25, -0.2) is 4.79 Å². The Morgan fingerprint density at radius 1 is 0.957 bits per heavy atom. The predicted octanol–water partition coefficient (Wildman–Crippen LogP) is 1.66. The van der Waals surface area contributed by atoms with Crippen molar-refractivity contribution in [2.24, 2.45) is 29.1 Å². The predicted molar refractivity (Wildman–Crippen MR) is 167 cm³/mol. The van der Waals surface area contributed by atoms with Crippen molar-refractivity contribution in [2.45, 2.75) is 131 Å². The minimum atomic E-state index is -2.08. The second-order valence-corrected chi connectivity index (χ2v) is 16.9. The molecule has 3 aliphatic heterocycles. The number of aryl methyl sites for hydroxylation is 1. The molecule has 3 saturated heterocycles. The number of hydrogen-bond donors (Lipinski definition) is 6.